The number of aromatic nitrogens is 2. The van der Waals surface area contributed by atoms with Gasteiger partial charge in [0.2, 0.25) is 5.75 Å². The third-order valence-electron chi connectivity index (χ3n) is 3.45. The van der Waals surface area contributed by atoms with E-state index in [0.717, 1.165) is 25.7 Å². The van der Waals surface area contributed by atoms with Gasteiger partial charge in [-0.25, -0.2) is 4.98 Å². The normalized spacial score (nSPS) is 17.1. The summed E-state index contributed by atoms with van der Waals surface area (Å²) in [5.41, 5.74) is -0.927. The topological polar surface area (TPSA) is 104 Å². The van der Waals surface area contributed by atoms with E-state index in [1.54, 1.807) is 0 Å². The molecule has 7 nitrogen and oxygen atoms in total. The summed E-state index contributed by atoms with van der Waals surface area (Å²) in [5.74, 6) is -0.480. The highest BCUT2D eigenvalue weighted by atomic mass is 16.5. The standard InChI is InChI=1S/C12H17N3O4/c1-19-9-10(13-7-14-11(9)18)15-12(6-8(16)17)4-2-3-5-12/h7H,2-6H2,1H3,(H,16,17)(H2,13,14,15,18). The van der Waals surface area contributed by atoms with E-state index in [0.29, 0.717) is 5.82 Å². The average molecular weight is 267 g/mol. The van der Waals surface area contributed by atoms with Crippen molar-refractivity contribution in [2.24, 2.45) is 0 Å². The summed E-state index contributed by atoms with van der Waals surface area (Å²) >= 11 is 0. The molecule has 0 bridgehead atoms. The summed E-state index contributed by atoms with van der Waals surface area (Å²) in [6.45, 7) is 0. The van der Waals surface area contributed by atoms with Crippen LogP contribution in [0.1, 0.15) is 32.1 Å². The van der Waals surface area contributed by atoms with E-state index in [9.17, 15) is 9.59 Å². The number of aliphatic carboxylic acids is 1. The van der Waals surface area contributed by atoms with Gasteiger partial charge in [-0.05, 0) is 12.8 Å². The molecule has 1 aliphatic carbocycles. The first-order chi connectivity index (χ1) is 9.06. The summed E-state index contributed by atoms with van der Waals surface area (Å²) in [6, 6.07) is 0. The molecule has 1 fully saturated rings. The van der Waals surface area contributed by atoms with Gasteiger partial charge < -0.3 is 20.1 Å². The van der Waals surface area contributed by atoms with Crippen molar-refractivity contribution >= 4 is 11.8 Å². The van der Waals surface area contributed by atoms with Crippen molar-refractivity contribution in [3.05, 3.63) is 16.7 Å². The van der Waals surface area contributed by atoms with Gasteiger partial charge in [-0.3, -0.25) is 9.59 Å². The number of carboxylic acids is 1. The number of H-pyrrole nitrogens is 1. The van der Waals surface area contributed by atoms with Gasteiger partial charge in [0.15, 0.2) is 5.82 Å². The van der Waals surface area contributed by atoms with Crippen LogP contribution in [0.3, 0.4) is 0 Å². The van der Waals surface area contributed by atoms with Gasteiger partial charge in [-0.1, -0.05) is 12.8 Å². The molecule has 19 heavy (non-hydrogen) atoms. The number of aromatic amines is 1. The molecule has 3 N–H and O–H groups in total. The Bertz CT molecular complexity index is 520. The quantitative estimate of drug-likeness (QED) is 0.734. The zero-order valence-electron chi connectivity index (χ0n) is 10.7. The predicted molar refractivity (Wildman–Crippen MR) is 68.5 cm³/mol. The lowest BCUT2D eigenvalue weighted by Crippen LogP contribution is -2.38. The fraction of sp³-hybridized carbons (Fsp3) is 0.583. The molecule has 0 amide bonds. The summed E-state index contributed by atoms with van der Waals surface area (Å²) < 4.78 is 5.02. The Labute approximate surface area is 110 Å². The zero-order chi connectivity index (χ0) is 13.9. The SMILES string of the molecule is COc1c(NC2(CC(=O)O)CCCC2)nc[nH]c1=O. The van der Waals surface area contributed by atoms with Crippen LogP contribution in [0.25, 0.3) is 0 Å². The Balaban J connectivity index is 2.29. The lowest BCUT2D eigenvalue weighted by Gasteiger charge is -2.29. The number of nitrogens with zero attached hydrogens (tertiary/aromatic N) is 1. The minimum atomic E-state index is -0.863. The van der Waals surface area contributed by atoms with Gasteiger partial charge in [0.25, 0.3) is 5.56 Å². The van der Waals surface area contributed by atoms with Gasteiger partial charge >= 0.3 is 5.97 Å². The largest absolute Gasteiger partial charge is 0.489 e. The van der Waals surface area contributed by atoms with E-state index in [1.165, 1.54) is 13.4 Å². The van der Waals surface area contributed by atoms with E-state index in [-0.39, 0.29) is 17.7 Å². The highest BCUT2D eigenvalue weighted by Gasteiger charge is 2.37. The van der Waals surface area contributed by atoms with Crippen LogP contribution in [-0.2, 0) is 4.79 Å². The van der Waals surface area contributed by atoms with Crippen LogP contribution in [0, 0.1) is 0 Å². The summed E-state index contributed by atoms with van der Waals surface area (Å²) in [5, 5.41) is 12.1. The number of nitrogens with one attached hydrogen (secondary N) is 2. The lowest BCUT2D eigenvalue weighted by atomic mass is 9.93. The number of hydrogen-bond acceptors (Lipinski definition) is 5. The Morgan fingerprint density at radius 3 is 2.84 bits per heavy atom. The number of hydrogen-bond donors (Lipinski definition) is 3. The maximum absolute atomic E-state index is 11.6. The summed E-state index contributed by atoms with van der Waals surface area (Å²) in [4.78, 5) is 29.1. The molecule has 1 saturated carbocycles. The van der Waals surface area contributed by atoms with Crippen LogP contribution in [0.15, 0.2) is 11.1 Å². The molecule has 0 aliphatic heterocycles. The molecule has 0 aromatic carbocycles. The van der Waals surface area contributed by atoms with Crippen LogP contribution in [0.2, 0.25) is 0 Å². The molecule has 0 saturated heterocycles. The number of anilines is 1. The van der Waals surface area contributed by atoms with Crippen molar-refractivity contribution in [2.75, 3.05) is 12.4 Å². The Morgan fingerprint density at radius 2 is 2.26 bits per heavy atom. The Morgan fingerprint density at radius 1 is 1.58 bits per heavy atom. The van der Waals surface area contributed by atoms with Crippen LogP contribution in [0.4, 0.5) is 5.82 Å². The van der Waals surface area contributed by atoms with Crippen LogP contribution in [-0.4, -0.2) is 33.7 Å². The van der Waals surface area contributed by atoms with Crippen molar-refractivity contribution in [3.8, 4) is 5.75 Å². The summed E-state index contributed by atoms with van der Waals surface area (Å²) in [7, 11) is 1.38. The Kier molecular flexibility index (Phi) is 3.73. The Hall–Kier alpha value is -2.05. The fourth-order valence-electron chi connectivity index (χ4n) is 2.60. The van der Waals surface area contributed by atoms with Crippen LogP contribution >= 0.6 is 0 Å². The molecular formula is C12H17N3O4. The second-order valence-corrected chi connectivity index (χ2v) is 4.80. The van der Waals surface area contributed by atoms with Crippen molar-refractivity contribution in [1.82, 2.24) is 9.97 Å². The number of methoxy groups -OCH3 is 1. The molecule has 2 rings (SSSR count). The van der Waals surface area contributed by atoms with E-state index in [4.69, 9.17) is 9.84 Å². The zero-order valence-corrected chi connectivity index (χ0v) is 10.7. The van der Waals surface area contributed by atoms with Crippen LogP contribution in [0.5, 0.6) is 5.75 Å². The third kappa shape index (κ3) is 2.86. The van der Waals surface area contributed by atoms with Crippen molar-refractivity contribution in [2.45, 2.75) is 37.6 Å². The van der Waals surface area contributed by atoms with Gasteiger partial charge in [-0.15, -0.1) is 0 Å². The molecule has 1 aromatic heterocycles. The highest BCUT2D eigenvalue weighted by Crippen LogP contribution is 2.36. The highest BCUT2D eigenvalue weighted by molar-refractivity contribution is 5.69. The number of carboxylic acid groups (broad SMARTS) is 1. The second kappa shape index (κ2) is 5.29. The smallest absolute Gasteiger partial charge is 0.305 e. The van der Waals surface area contributed by atoms with Gasteiger partial charge in [0, 0.05) is 5.54 Å². The molecule has 0 atom stereocenters. The molecule has 0 unspecified atom stereocenters. The van der Waals surface area contributed by atoms with Crippen molar-refractivity contribution < 1.29 is 14.6 Å². The van der Waals surface area contributed by atoms with Gasteiger partial charge in [0.1, 0.15) is 0 Å². The average Bonchev–Trinajstić information content (AvgIpc) is 2.76. The minimum absolute atomic E-state index is 0.00460. The van der Waals surface area contributed by atoms with Crippen molar-refractivity contribution in [1.29, 1.82) is 0 Å². The first-order valence-electron chi connectivity index (χ1n) is 6.18. The maximum atomic E-state index is 11.6. The van der Waals surface area contributed by atoms with Crippen LogP contribution < -0.4 is 15.6 Å². The number of ether oxygens (including phenoxy) is 1. The molecule has 0 spiro atoms. The molecule has 1 heterocycles. The summed E-state index contributed by atoms with van der Waals surface area (Å²) in [6.07, 6.45) is 4.70. The van der Waals surface area contributed by atoms with E-state index in [2.05, 4.69) is 15.3 Å². The van der Waals surface area contributed by atoms with E-state index in [1.807, 2.05) is 0 Å². The number of rotatable bonds is 5. The van der Waals surface area contributed by atoms with Gasteiger partial charge in [0.05, 0.1) is 19.9 Å². The predicted octanol–water partition coefficient (Wildman–Crippen LogP) is 0.978. The maximum Gasteiger partial charge on any atom is 0.305 e. The minimum Gasteiger partial charge on any atom is -0.489 e. The van der Waals surface area contributed by atoms with E-state index < -0.39 is 11.5 Å². The number of carbonyl (C=O) groups is 1. The lowest BCUT2D eigenvalue weighted by molar-refractivity contribution is -0.138. The molecular weight excluding hydrogens is 250 g/mol. The molecule has 0 radical (unpaired) electrons. The monoisotopic (exact) mass is 267 g/mol. The molecule has 7 heteroatoms. The molecule has 104 valence electrons. The van der Waals surface area contributed by atoms with Crippen molar-refractivity contribution in [3.63, 3.8) is 0 Å². The third-order valence-corrected chi connectivity index (χ3v) is 3.45. The first-order valence-corrected chi connectivity index (χ1v) is 6.18. The second-order valence-electron chi connectivity index (χ2n) is 4.80. The fourth-order valence-corrected chi connectivity index (χ4v) is 2.60. The van der Waals surface area contributed by atoms with Gasteiger partial charge in [-0.2, -0.15) is 0 Å². The van der Waals surface area contributed by atoms with E-state index >= 15 is 0 Å². The molecule has 1 aromatic rings. The molecule has 1 aliphatic rings. The first kappa shape index (κ1) is 13.4.